The first-order valence-corrected chi connectivity index (χ1v) is 4.21. The molecule has 0 fully saturated rings. The summed E-state index contributed by atoms with van der Waals surface area (Å²) < 4.78 is 2.00. The van der Waals surface area contributed by atoms with Crippen LogP contribution in [-0.2, 0) is 6.54 Å². The Morgan fingerprint density at radius 2 is 2.45 bits per heavy atom. The fourth-order valence-electron chi connectivity index (χ4n) is 0.859. The second-order valence-corrected chi connectivity index (χ2v) is 3.01. The Labute approximate surface area is 68.8 Å². The van der Waals surface area contributed by atoms with Crippen molar-refractivity contribution in [2.75, 3.05) is 0 Å². The second-order valence-electron chi connectivity index (χ2n) is 2.14. The van der Waals surface area contributed by atoms with Crippen LogP contribution in [0.15, 0.2) is 35.1 Å². The minimum Gasteiger partial charge on any atom is -0.304 e. The van der Waals surface area contributed by atoms with Gasteiger partial charge in [0.1, 0.15) is 6.33 Å². The summed E-state index contributed by atoms with van der Waals surface area (Å²) in [5.41, 5.74) is 0. The quantitative estimate of drug-likeness (QED) is 0.583. The van der Waals surface area contributed by atoms with Gasteiger partial charge in [-0.15, -0.1) is 10.2 Å². The van der Waals surface area contributed by atoms with E-state index in [9.17, 15) is 0 Å². The lowest BCUT2D eigenvalue weighted by Crippen LogP contribution is -1.95. The van der Waals surface area contributed by atoms with Gasteiger partial charge in [-0.25, -0.2) is 0 Å². The van der Waals surface area contributed by atoms with Gasteiger partial charge in [-0.3, -0.25) is 0 Å². The lowest BCUT2D eigenvalue weighted by atomic mass is 10.5. The summed E-state index contributed by atoms with van der Waals surface area (Å²) in [6, 6.07) is 0. The molecule has 0 N–H and O–H groups in total. The minimum absolute atomic E-state index is 0.861. The molecule has 56 valence electrons. The molecule has 3 nitrogen and oxygen atoms in total. The predicted molar refractivity (Wildman–Crippen MR) is 44.2 cm³/mol. The van der Waals surface area contributed by atoms with Crippen LogP contribution in [0, 0.1) is 0 Å². The van der Waals surface area contributed by atoms with Crippen LogP contribution in [0.5, 0.6) is 0 Å². The number of hydrogen-bond acceptors (Lipinski definition) is 3. The highest BCUT2D eigenvalue weighted by Gasteiger charge is 2.01. The van der Waals surface area contributed by atoms with Gasteiger partial charge in [0.25, 0.3) is 0 Å². The number of aromatic nitrogens is 3. The Hall–Kier alpha value is -1.03. The number of allylic oxidation sites excluding steroid dienone is 3. The van der Waals surface area contributed by atoms with Crippen LogP contribution in [0.3, 0.4) is 0 Å². The highest BCUT2D eigenvalue weighted by atomic mass is 32.2. The van der Waals surface area contributed by atoms with Crippen molar-refractivity contribution in [2.45, 2.75) is 11.7 Å². The van der Waals surface area contributed by atoms with Crippen molar-refractivity contribution in [1.29, 1.82) is 0 Å². The number of hydrogen-bond donors (Lipinski definition) is 0. The zero-order valence-electron chi connectivity index (χ0n) is 5.84. The molecular weight excluding hydrogens is 158 g/mol. The summed E-state index contributed by atoms with van der Waals surface area (Å²) in [6.45, 7) is 0.861. The summed E-state index contributed by atoms with van der Waals surface area (Å²) in [4.78, 5) is 0. The van der Waals surface area contributed by atoms with Crippen LogP contribution >= 0.6 is 11.8 Å². The van der Waals surface area contributed by atoms with Gasteiger partial charge >= 0.3 is 0 Å². The molecule has 0 atom stereocenters. The first kappa shape index (κ1) is 6.67. The molecule has 4 heteroatoms. The average Bonchev–Trinajstić information content (AvgIpc) is 2.35. The van der Waals surface area contributed by atoms with Crippen molar-refractivity contribution >= 4 is 11.8 Å². The molecule has 0 aliphatic carbocycles. The molecule has 0 spiro atoms. The molecule has 1 aromatic heterocycles. The molecule has 0 bridgehead atoms. The fourth-order valence-corrected chi connectivity index (χ4v) is 1.50. The molecule has 0 amide bonds. The molecule has 1 aromatic rings. The van der Waals surface area contributed by atoms with Crippen LogP contribution in [0.4, 0.5) is 0 Å². The Morgan fingerprint density at radius 3 is 3.45 bits per heavy atom. The van der Waals surface area contributed by atoms with Gasteiger partial charge in [0.15, 0.2) is 5.16 Å². The lowest BCUT2D eigenvalue weighted by molar-refractivity contribution is 0.725. The number of rotatable bonds is 0. The second kappa shape index (κ2) is 2.92. The van der Waals surface area contributed by atoms with Gasteiger partial charge in [-0.1, -0.05) is 30.0 Å². The molecule has 0 aromatic carbocycles. The average molecular weight is 165 g/mol. The topological polar surface area (TPSA) is 30.7 Å². The van der Waals surface area contributed by atoms with E-state index in [0.29, 0.717) is 0 Å². The Balaban J connectivity index is 2.37. The van der Waals surface area contributed by atoms with Crippen LogP contribution in [0.1, 0.15) is 0 Å². The number of thioether (sulfide) groups is 1. The molecule has 11 heavy (non-hydrogen) atoms. The monoisotopic (exact) mass is 165 g/mol. The largest absolute Gasteiger partial charge is 0.304 e. The smallest absolute Gasteiger partial charge is 0.195 e. The predicted octanol–water partition coefficient (Wildman–Crippen LogP) is 1.45. The third-order valence-corrected chi connectivity index (χ3v) is 2.20. The van der Waals surface area contributed by atoms with Crippen molar-refractivity contribution in [3.8, 4) is 0 Å². The summed E-state index contributed by atoms with van der Waals surface area (Å²) >= 11 is 1.59. The van der Waals surface area contributed by atoms with Gasteiger partial charge in [-0.2, -0.15) is 0 Å². The third-order valence-electron chi connectivity index (χ3n) is 1.38. The summed E-state index contributed by atoms with van der Waals surface area (Å²) in [7, 11) is 0. The van der Waals surface area contributed by atoms with E-state index < -0.39 is 0 Å². The molecule has 2 heterocycles. The van der Waals surface area contributed by atoms with E-state index in [0.717, 1.165) is 11.7 Å². The summed E-state index contributed by atoms with van der Waals surface area (Å²) in [5.74, 6) is 0. The van der Waals surface area contributed by atoms with E-state index >= 15 is 0 Å². The maximum atomic E-state index is 3.95. The van der Waals surface area contributed by atoms with Crippen molar-refractivity contribution in [3.63, 3.8) is 0 Å². The standard InChI is InChI=1S/C7H7N3S/c1-2-4-10-6-8-9-7(10)11-5-3-1/h1-3,5-6H,4H2/b2-1+,5-3-. The van der Waals surface area contributed by atoms with Crippen molar-refractivity contribution in [3.05, 3.63) is 30.0 Å². The number of nitrogens with zero attached hydrogens (tertiary/aromatic N) is 3. The first-order valence-electron chi connectivity index (χ1n) is 3.33. The Bertz CT molecular complexity index is 272. The van der Waals surface area contributed by atoms with Gasteiger partial charge in [-0.05, 0) is 5.41 Å². The van der Waals surface area contributed by atoms with Crippen LogP contribution in [0.2, 0.25) is 0 Å². The Morgan fingerprint density at radius 1 is 1.45 bits per heavy atom. The maximum Gasteiger partial charge on any atom is 0.195 e. The molecule has 0 unspecified atom stereocenters. The van der Waals surface area contributed by atoms with Gasteiger partial charge in [0.2, 0.25) is 0 Å². The zero-order chi connectivity index (χ0) is 7.52. The summed E-state index contributed by atoms with van der Waals surface area (Å²) in [5, 5.41) is 10.7. The van der Waals surface area contributed by atoms with Crippen LogP contribution < -0.4 is 0 Å². The lowest BCUT2D eigenvalue weighted by Gasteiger charge is -2.00. The zero-order valence-corrected chi connectivity index (χ0v) is 6.66. The van der Waals surface area contributed by atoms with E-state index in [-0.39, 0.29) is 0 Å². The fraction of sp³-hybridized carbons (Fsp3) is 0.143. The first-order chi connectivity index (χ1) is 5.47. The minimum atomic E-state index is 0.861. The van der Waals surface area contributed by atoms with Crippen LogP contribution in [0.25, 0.3) is 0 Å². The molecule has 1 aliphatic heterocycles. The molecule has 0 radical (unpaired) electrons. The maximum absolute atomic E-state index is 3.95. The molecular formula is C7H7N3S. The van der Waals surface area contributed by atoms with E-state index in [1.807, 2.05) is 22.1 Å². The van der Waals surface area contributed by atoms with E-state index in [2.05, 4.69) is 16.3 Å². The van der Waals surface area contributed by atoms with Gasteiger partial charge in [0, 0.05) is 6.54 Å². The Kier molecular flexibility index (Phi) is 1.77. The highest BCUT2D eigenvalue weighted by Crippen LogP contribution is 2.17. The molecule has 0 saturated carbocycles. The normalized spacial score (nSPS) is 21.5. The van der Waals surface area contributed by atoms with E-state index in [1.165, 1.54) is 0 Å². The molecule has 2 rings (SSSR count). The van der Waals surface area contributed by atoms with Gasteiger partial charge < -0.3 is 4.57 Å². The third kappa shape index (κ3) is 1.35. The molecule has 0 saturated heterocycles. The SMILES string of the molecule is C1=C\Sc2nncn2C/C=C/1. The van der Waals surface area contributed by atoms with E-state index in [1.54, 1.807) is 18.1 Å². The number of fused-ring (bicyclic) bond motifs is 1. The van der Waals surface area contributed by atoms with Crippen molar-refractivity contribution in [2.24, 2.45) is 0 Å². The van der Waals surface area contributed by atoms with Crippen LogP contribution in [-0.4, -0.2) is 14.8 Å². The van der Waals surface area contributed by atoms with Crippen molar-refractivity contribution in [1.82, 2.24) is 14.8 Å². The molecule has 1 aliphatic rings. The highest BCUT2D eigenvalue weighted by molar-refractivity contribution is 8.02. The van der Waals surface area contributed by atoms with Gasteiger partial charge in [0.05, 0.1) is 0 Å². The van der Waals surface area contributed by atoms with E-state index in [4.69, 9.17) is 0 Å². The summed E-state index contributed by atoms with van der Waals surface area (Å²) in [6.07, 6.45) is 7.84. The van der Waals surface area contributed by atoms with Crippen molar-refractivity contribution < 1.29 is 0 Å².